The molecular weight excluding hydrogens is 183 g/mol. The third-order valence-electron chi connectivity index (χ3n) is 0.975. The highest BCUT2D eigenvalue weighted by Crippen LogP contribution is 2.36. The molecule has 0 aromatic heterocycles. The van der Waals surface area contributed by atoms with Gasteiger partial charge in [0.15, 0.2) is 0 Å². The fourth-order valence-corrected chi connectivity index (χ4v) is 1.10. The normalized spacial score (nSPS) is 11.0. The molecule has 0 unspecified atom stereocenters. The van der Waals surface area contributed by atoms with Crippen molar-refractivity contribution in [2.75, 3.05) is 6.61 Å². The molecule has 64 valence electrons. The van der Waals surface area contributed by atoms with Gasteiger partial charge < -0.3 is 14.3 Å². The van der Waals surface area contributed by atoms with E-state index >= 15 is 0 Å². The Labute approximate surface area is 71.6 Å². The molecule has 0 radical (unpaired) electrons. The zero-order chi connectivity index (χ0) is 8.74. The van der Waals surface area contributed by atoms with Crippen molar-refractivity contribution in [2.24, 2.45) is 0 Å². The highest BCUT2D eigenvalue weighted by atomic mass is 32.5. The molecule has 0 aliphatic carbocycles. The van der Waals surface area contributed by atoms with Crippen LogP contribution in [0.2, 0.25) is 0 Å². The summed E-state index contributed by atoms with van der Waals surface area (Å²) in [6, 6.07) is 0. The van der Waals surface area contributed by atoms with Gasteiger partial charge in [0.05, 0.1) is 6.61 Å². The quantitative estimate of drug-likeness (QED) is 0.389. The molecule has 0 aliphatic rings. The van der Waals surface area contributed by atoms with Crippen LogP contribution in [0, 0.1) is 12.3 Å². The van der Waals surface area contributed by atoms with Crippen molar-refractivity contribution in [3.8, 4) is 12.3 Å². The zero-order valence-corrected chi connectivity index (χ0v) is 7.77. The van der Waals surface area contributed by atoms with Crippen molar-refractivity contribution in [1.29, 1.82) is 0 Å². The topological polar surface area (TPSA) is 49.7 Å². The molecule has 0 fully saturated rings. The van der Waals surface area contributed by atoms with Crippen LogP contribution < -0.4 is 0 Å². The minimum atomic E-state index is -3.43. The third kappa shape index (κ3) is 10.1. The van der Waals surface area contributed by atoms with E-state index in [2.05, 4.69) is 22.3 Å². The van der Waals surface area contributed by atoms with Gasteiger partial charge in [-0.1, -0.05) is 0 Å². The SMILES string of the molecule is C#CCCCCOP(O)(O)=S. The molecule has 2 N–H and O–H groups in total. The van der Waals surface area contributed by atoms with E-state index in [1.54, 1.807) is 0 Å². The van der Waals surface area contributed by atoms with Crippen LogP contribution in [0.3, 0.4) is 0 Å². The maximum atomic E-state index is 8.59. The molecule has 0 aromatic carbocycles. The molecule has 0 bridgehead atoms. The van der Waals surface area contributed by atoms with Crippen LogP contribution in [0.4, 0.5) is 0 Å². The molecule has 11 heavy (non-hydrogen) atoms. The standard InChI is InChI=1S/C6H11O3PS/c1-2-3-4-5-6-9-10(7,8)11/h1H,3-6H2,(H2,7,8,11). The smallest absolute Gasteiger partial charge is 0.321 e. The van der Waals surface area contributed by atoms with Gasteiger partial charge in [-0.25, -0.2) is 0 Å². The van der Waals surface area contributed by atoms with Gasteiger partial charge >= 0.3 is 6.72 Å². The number of hydrogen-bond donors (Lipinski definition) is 2. The Morgan fingerprint density at radius 1 is 1.45 bits per heavy atom. The van der Waals surface area contributed by atoms with Gasteiger partial charge in [-0.15, -0.1) is 12.3 Å². The Morgan fingerprint density at radius 2 is 2.09 bits per heavy atom. The number of terminal acetylenes is 1. The van der Waals surface area contributed by atoms with E-state index in [-0.39, 0.29) is 6.61 Å². The second-order valence-corrected chi connectivity index (χ2v) is 4.65. The highest BCUT2D eigenvalue weighted by Gasteiger charge is 2.05. The van der Waals surface area contributed by atoms with E-state index in [0.29, 0.717) is 12.8 Å². The van der Waals surface area contributed by atoms with Crippen molar-refractivity contribution in [1.82, 2.24) is 0 Å². The van der Waals surface area contributed by atoms with Crippen LogP contribution >= 0.6 is 6.72 Å². The maximum absolute atomic E-state index is 8.59. The zero-order valence-electron chi connectivity index (χ0n) is 6.06. The molecule has 0 aliphatic heterocycles. The monoisotopic (exact) mass is 194 g/mol. The summed E-state index contributed by atoms with van der Waals surface area (Å²) in [6.07, 6.45) is 7.21. The lowest BCUT2D eigenvalue weighted by Crippen LogP contribution is -1.91. The summed E-state index contributed by atoms with van der Waals surface area (Å²) in [5, 5.41) is 0. The molecule has 0 saturated carbocycles. The fourth-order valence-electron chi connectivity index (χ4n) is 0.513. The van der Waals surface area contributed by atoms with E-state index in [1.165, 1.54) is 0 Å². The minimum Gasteiger partial charge on any atom is -0.325 e. The Kier molecular flexibility index (Phi) is 5.75. The van der Waals surface area contributed by atoms with E-state index in [0.717, 1.165) is 6.42 Å². The van der Waals surface area contributed by atoms with Gasteiger partial charge in [0, 0.05) is 6.42 Å². The second kappa shape index (κ2) is 5.70. The Morgan fingerprint density at radius 3 is 2.55 bits per heavy atom. The predicted molar refractivity (Wildman–Crippen MR) is 47.4 cm³/mol. The van der Waals surface area contributed by atoms with E-state index in [1.807, 2.05) is 0 Å². The predicted octanol–water partition coefficient (Wildman–Crippen LogP) is 1.02. The molecule has 0 atom stereocenters. The lowest BCUT2D eigenvalue weighted by Gasteiger charge is -2.06. The number of hydrogen-bond acceptors (Lipinski definition) is 2. The highest BCUT2D eigenvalue weighted by molar-refractivity contribution is 8.06. The van der Waals surface area contributed by atoms with E-state index < -0.39 is 6.72 Å². The molecule has 0 aromatic rings. The summed E-state index contributed by atoms with van der Waals surface area (Å²) in [5.74, 6) is 2.47. The van der Waals surface area contributed by atoms with Gasteiger partial charge in [0.1, 0.15) is 0 Å². The Bertz CT molecular complexity index is 181. The molecule has 0 amide bonds. The molecule has 5 heteroatoms. The van der Waals surface area contributed by atoms with Crippen molar-refractivity contribution < 1.29 is 14.3 Å². The van der Waals surface area contributed by atoms with Crippen LogP contribution in [0.25, 0.3) is 0 Å². The largest absolute Gasteiger partial charge is 0.325 e. The molecule has 0 spiro atoms. The Balaban J connectivity index is 3.17. The molecular formula is C6H11O3PS. The minimum absolute atomic E-state index is 0.270. The first-order valence-corrected chi connectivity index (χ1v) is 5.82. The van der Waals surface area contributed by atoms with Crippen molar-refractivity contribution in [3.05, 3.63) is 0 Å². The average Bonchev–Trinajstić information content (AvgIpc) is 1.85. The summed E-state index contributed by atoms with van der Waals surface area (Å²) in [7, 11) is 0. The summed E-state index contributed by atoms with van der Waals surface area (Å²) in [4.78, 5) is 17.2. The second-order valence-electron chi connectivity index (χ2n) is 1.99. The van der Waals surface area contributed by atoms with Gasteiger partial charge in [-0.2, -0.15) is 0 Å². The number of unbranched alkanes of at least 4 members (excludes halogenated alkanes) is 2. The first-order valence-electron chi connectivity index (χ1n) is 3.20. The summed E-state index contributed by atoms with van der Waals surface area (Å²) in [5.41, 5.74) is 0. The van der Waals surface area contributed by atoms with Crippen molar-refractivity contribution in [2.45, 2.75) is 19.3 Å². The summed E-state index contributed by atoms with van der Waals surface area (Å²) >= 11 is 4.22. The molecule has 3 nitrogen and oxygen atoms in total. The maximum Gasteiger partial charge on any atom is 0.321 e. The third-order valence-corrected chi connectivity index (χ3v) is 1.81. The summed E-state index contributed by atoms with van der Waals surface area (Å²) < 4.78 is 4.54. The van der Waals surface area contributed by atoms with Crippen LogP contribution in [-0.2, 0) is 16.3 Å². The molecule has 0 rings (SSSR count). The summed E-state index contributed by atoms with van der Waals surface area (Å²) in [6.45, 7) is -3.16. The molecule has 0 heterocycles. The van der Waals surface area contributed by atoms with Gasteiger partial charge in [0.25, 0.3) is 0 Å². The van der Waals surface area contributed by atoms with Gasteiger partial charge in [0.2, 0.25) is 0 Å². The Hall–Kier alpha value is 0.0900. The van der Waals surface area contributed by atoms with Crippen LogP contribution in [0.5, 0.6) is 0 Å². The first-order chi connectivity index (χ1) is 5.06. The van der Waals surface area contributed by atoms with Gasteiger partial charge in [-0.3, -0.25) is 0 Å². The first kappa shape index (κ1) is 11.1. The average molecular weight is 194 g/mol. The van der Waals surface area contributed by atoms with Crippen LogP contribution in [0.15, 0.2) is 0 Å². The van der Waals surface area contributed by atoms with Gasteiger partial charge in [-0.05, 0) is 24.6 Å². The fraction of sp³-hybridized carbons (Fsp3) is 0.667. The van der Waals surface area contributed by atoms with Crippen molar-refractivity contribution in [3.63, 3.8) is 0 Å². The molecule has 0 saturated heterocycles. The lowest BCUT2D eigenvalue weighted by molar-refractivity contribution is 0.247. The van der Waals surface area contributed by atoms with E-state index in [4.69, 9.17) is 16.2 Å². The van der Waals surface area contributed by atoms with Crippen LogP contribution in [-0.4, -0.2) is 16.4 Å². The number of rotatable bonds is 5. The lowest BCUT2D eigenvalue weighted by atomic mass is 10.2. The van der Waals surface area contributed by atoms with E-state index in [9.17, 15) is 0 Å². The van der Waals surface area contributed by atoms with Crippen molar-refractivity contribution >= 4 is 18.5 Å². The van der Waals surface area contributed by atoms with Crippen LogP contribution in [0.1, 0.15) is 19.3 Å².